The van der Waals surface area contributed by atoms with Crippen LogP contribution in [0.3, 0.4) is 0 Å². The number of aryl methyl sites for hydroxylation is 4. The molecule has 31 heavy (non-hydrogen) atoms. The first-order valence-corrected chi connectivity index (χ1v) is 10.2. The van der Waals surface area contributed by atoms with Gasteiger partial charge in [-0.3, -0.25) is 0 Å². The van der Waals surface area contributed by atoms with Crippen molar-refractivity contribution in [3.8, 4) is 17.2 Å². The Bertz CT molecular complexity index is 1030. The van der Waals surface area contributed by atoms with Crippen LogP contribution in [0.5, 0.6) is 17.2 Å². The minimum Gasteiger partial charge on any atom is -0.496 e. The van der Waals surface area contributed by atoms with Gasteiger partial charge in [-0.1, -0.05) is 36.4 Å². The van der Waals surface area contributed by atoms with Crippen molar-refractivity contribution in [1.29, 1.82) is 0 Å². The number of hydrogen-bond acceptors (Lipinski definition) is 4. The van der Waals surface area contributed by atoms with Gasteiger partial charge in [-0.2, -0.15) is 0 Å². The molecule has 0 bridgehead atoms. The van der Waals surface area contributed by atoms with Crippen LogP contribution >= 0.6 is 0 Å². The maximum atomic E-state index is 11.3. The summed E-state index contributed by atoms with van der Waals surface area (Å²) in [4.78, 5) is 11.3. The van der Waals surface area contributed by atoms with E-state index in [9.17, 15) is 9.90 Å². The summed E-state index contributed by atoms with van der Waals surface area (Å²) in [6, 6.07) is 19.7. The molecule has 0 atom stereocenters. The van der Waals surface area contributed by atoms with Gasteiger partial charge < -0.3 is 19.3 Å². The zero-order chi connectivity index (χ0) is 22.2. The molecule has 3 aromatic carbocycles. The Balaban J connectivity index is 1.84. The van der Waals surface area contributed by atoms with Crippen LogP contribution < -0.4 is 14.2 Å². The summed E-state index contributed by atoms with van der Waals surface area (Å²) in [6.45, 7) is 0. The smallest absolute Gasteiger partial charge is 0.339 e. The molecule has 0 radical (unpaired) electrons. The van der Waals surface area contributed by atoms with Gasteiger partial charge in [-0.25, -0.2) is 4.79 Å². The molecule has 3 rings (SSSR count). The fraction of sp³-hybridized carbons (Fsp3) is 0.269. The lowest BCUT2D eigenvalue weighted by Crippen LogP contribution is -2.04. The average Bonchev–Trinajstić information content (AvgIpc) is 2.81. The molecule has 1 N–H and O–H groups in total. The molecule has 0 heterocycles. The van der Waals surface area contributed by atoms with Crippen LogP contribution in [0.2, 0.25) is 0 Å². The van der Waals surface area contributed by atoms with E-state index in [-0.39, 0.29) is 5.56 Å². The average molecular weight is 421 g/mol. The fourth-order valence-corrected chi connectivity index (χ4v) is 3.70. The molecule has 0 saturated heterocycles. The predicted octanol–water partition coefficient (Wildman–Crippen LogP) is 4.98. The maximum absolute atomic E-state index is 11.3. The van der Waals surface area contributed by atoms with Gasteiger partial charge in [-0.15, -0.1) is 0 Å². The molecule has 0 aliphatic carbocycles. The molecule has 3 aromatic rings. The van der Waals surface area contributed by atoms with Crippen LogP contribution in [0.4, 0.5) is 0 Å². The third-order valence-corrected chi connectivity index (χ3v) is 5.41. The Morgan fingerprint density at radius 1 is 0.677 bits per heavy atom. The highest BCUT2D eigenvalue weighted by Gasteiger charge is 2.14. The van der Waals surface area contributed by atoms with Crippen molar-refractivity contribution in [2.45, 2.75) is 25.7 Å². The molecular formula is C26H28O5. The van der Waals surface area contributed by atoms with Gasteiger partial charge in [0.1, 0.15) is 11.3 Å². The first-order valence-electron chi connectivity index (χ1n) is 10.2. The van der Waals surface area contributed by atoms with E-state index in [0.717, 1.165) is 37.0 Å². The monoisotopic (exact) mass is 420 g/mol. The Morgan fingerprint density at radius 2 is 1.23 bits per heavy atom. The summed E-state index contributed by atoms with van der Waals surface area (Å²) < 4.78 is 16.3. The number of aromatic carboxylic acids is 1. The lowest BCUT2D eigenvalue weighted by Gasteiger charge is -2.16. The van der Waals surface area contributed by atoms with Gasteiger partial charge in [0.05, 0.1) is 21.3 Å². The summed E-state index contributed by atoms with van der Waals surface area (Å²) in [5.41, 5.74) is 4.88. The molecule has 0 spiro atoms. The molecule has 0 aliphatic heterocycles. The molecule has 5 nitrogen and oxygen atoms in total. The largest absolute Gasteiger partial charge is 0.496 e. The third-order valence-electron chi connectivity index (χ3n) is 5.41. The quantitative estimate of drug-likeness (QED) is 0.501. The SMILES string of the molecule is COc1cc(CCc2ccccc2)c(CCc2ccc(C(=O)O)c(OC)c2)cc1OC. The van der Waals surface area contributed by atoms with Crippen LogP contribution in [0.15, 0.2) is 60.7 Å². The summed E-state index contributed by atoms with van der Waals surface area (Å²) in [7, 11) is 4.77. The molecule has 0 aliphatic rings. The second kappa shape index (κ2) is 10.5. The predicted molar refractivity (Wildman–Crippen MR) is 121 cm³/mol. The molecule has 5 heteroatoms. The van der Waals surface area contributed by atoms with Crippen molar-refractivity contribution in [2.75, 3.05) is 21.3 Å². The lowest BCUT2D eigenvalue weighted by atomic mass is 9.94. The highest BCUT2D eigenvalue weighted by atomic mass is 16.5. The van der Waals surface area contributed by atoms with Crippen molar-refractivity contribution < 1.29 is 24.1 Å². The van der Waals surface area contributed by atoms with Crippen molar-refractivity contribution in [2.24, 2.45) is 0 Å². The fourth-order valence-electron chi connectivity index (χ4n) is 3.70. The van der Waals surface area contributed by atoms with Gasteiger partial charge in [0.25, 0.3) is 0 Å². The number of hydrogen-bond donors (Lipinski definition) is 1. The first kappa shape index (κ1) is 22.2. The lowest BCUT2D eigenvalue weighted by molar-refractivity contribution is 0.0693. The van der Waals surface area contributed by atoms with E-state index >= 15 is 0 Å². The van der Waals surface area contributed by atoms with Crippen LogP contribution in [0.1, 0.15) is 32.6 Å². The van der Waals surface area contributed by atoms with E-state index in [1.54, 1.807) is 26.4 Å². The third kappa shape index (κ3) is 5.57. The molecule has 162 valence electrons. The Morgan fingerprint density at radius 3 is 1.74 bits per heavy atom. The second-order valence-corrected chi connectivity index (χ2v) is 7.30. The van der Waals surface area contributed by atoms with Crippen LogP contribution in [0, 0.1) is 0 Å². The van der Waals surface area contributed by atoms with E-state index in [0.29, 0.717) is 11.5 Å². The van der Waals surface area contributed by atoms with Crippen molar-refractivity contribution in [1.82, 2.24) is 0 Å². The number of carboxylic acid groups (broad SMARTS) is 1. The molecule has 0 aromatic heterocycles. The number of ether oxygens (including phenoxy) is 3. The van der Waals surface area contributed by atoms with Crippen molar-refractivity contribution in [3.05, 3.63) is 88.5 Å². The zero-order valence-corrected chi connectivity index (χ0v) is 18.2. The molecule has 0 amide bonds. The highest BCUT2D eigenvalue weighted by molar-refractivity contribution is 5.91. The Kier molecular flexibility index (Phi) is 7.55. The first-order chi connectivity index (χ1) is 15.0. The Labute approximate surface area is 183 Å². The normalized spacial score (nSPS) is 10.5. The van der Waals surface area contributed by atoms with E-state index in [4.69, 9.17) is 14.2 Å². The maximum Gasteiger partial charge on any atom is 0.339 e. The Hall–Kier alpha value is -3.47. The topological polar surface area (TPSA) is 65.0 Å². The number of rotatable bonds is 10. The second-order valence-electron chi connectivity index (χ2n) is 7.30. The van der Waals surface area contributed by atoms with Gasteiger partial charge in [0, 0.05) is 0 Å². The van der Waals surface area contributed by atoms with E-state index in [1.807, 2.05) is 18.2 Å². The molecule has 0 fully saturated rings. The summed E-state index contributed by atoms with van der Waals surface area (Å²) in [6.07, 6.45) is 3.37. The van der Waals surface area contributed by atoms with Gasteiger partial charge >= 0.3 is 5.97 Å². The molecule has 0 unspecified atom stereocenters. The van der Waals surface area contributed by atoms with Gasteiger partial charge in [0.2, 0.25) is 0 Å². The minimum atomic E-state index is -0.994. The van der Waals surface area contributed by atoms with Crippen LogP contribution in [0.25, 0.3) is 0 Å². The molecular weight excluding hydrogens is 392 g/mol. The van der Waals surface area contributed by atoms with Crippen molar-refractivity contribution >= 4 is 5.97 Å². The van der Waals surface area contributed by atoms with Gasteiger partial charge in [0.15, 0.2) is 11.5 Å². The number of benzene rings is 3. The number of carbonyl (C=O) groups is 1. The van der Waals surface area contributed by atoms with E-state index < -0.39 is 5.97 Å². The van der Waals surface area contributed by atoms with E-state index in [2.05, 4.69) is 30.3 Å². The van der Waals surface area contributed by atoms with E-state index in [1.165, 1.54) is 23.8 Å². The zero-order valence-electron chi connectivity index (χ0n) is 18.2. The molecule has 0 saturated carbocycles. The number of methoxy groups -OCH3 is 3. The highest BCUT2D eigenvalue weighted by Crippen LogP contribution is 2.32. The van der Waals surface area contributed by atoms with Crippen molar-refractivity contribution in [3.63, 3.8) is 0 Å². The summed E-state index contributed by atoms with van der Waals surface area (Å²) >= 11 is 0. The van der Waals surface area contributed by atoms with Gasteiger partial charge in [-0.05, 0) is 72.2 Å². The van der Waals surface area contributed by atoms with Crippen LogP contribution in [-0.4, -0.2) is 32.4 Å². The summed E-state index contributed by atoms with van der Waals surface area (Å²) in [5.74, 6) is 0.815. The standard InChI is InChI=1S/C26H28O5/c1-29-23-15-19(11-14-22(23)26(27)28)10-13-21-17-25(31-3)24(30-2)16-20(21)12-9-18-7-5-4-6-8-18/h4-8,11,14-17H,9-10,12-13H2,1-3H3,(H,27,28). The minimum absolute atomic E-state index is 0.168. The summed E-state index contributed by atoms with van der Waals surface area (Å²) in [5, 5.41) is 9.29. The number of carboxylic acids is 1. The van der Waals surface area contributed by atoms with Crippen LogP contribution in [-0.2, 0) is 25.7 Å².